The Labute approximate surface area is 91.8 Å². The van der Waals surface area contributed by atoms with Gasteiger partial charge in [0.1, 0.15) is 0 Å². The molecule has 0 aromatic heterocycles. The molecule has 0 saturated heterocycles. The highest BCUT2D eigenvalue weighted by Crippen LogP contribution is 2.13. The van der Waals surface area contributed by atoms with Crippen molar-refractivity contribution in [1.29, 1.82) is 0 Å². The van der Waals surface area contributed by atoms with Crippen LogP contribution < -0.4 is 0 Å². The number of hydrogen-bond donors (Lipinski definition) is 0. The van der Waals surface area contributed by atoms with E-state index in [1.54, 1.807) is 0 Å². The fourth-order valence-corrected chi connectivity index (χ4v) is 1.61. The van der Waals surface area contributed by atoms with Gasteiger partial charge in [0.05, 0.1) is 0 Å². The highest BCUT2D eigenvalue weighted by molar-refractivity contribution is 6.08. The van der Waals surface area contributed by atoms with Gasteiger partial charge in [-0.3, -0.25) is 4.79 Å². The van der Waals surface area contributed by atoms with E-state index < -0.39 is 0 Å². The van der Waals surface area contributed by atoms with E-state index in [1.807, 2.05) is 38.1 Å². The first-order chi connectivity index (χ1) is 7.22. The lowest BCUT2D eigenvalue weighted by molar-refractivity contribution is 0.103. The zero-order chi connectivity index (χ0) is 11.3. The lowest BCUT2D eigenvalue weighted by Gasteiger charge is -2.04. The van der Waals surface area contributed by atoms with Crippen molar-refractivity contribution < 1.29 is 4.79 Å². The van der Waals surface area contributed by atoms with Crippen LogP contribution in [-0.2, 0) is 6.42 Å². The topological polar surface area (TPSA) is 17.1 Å². The number of benzene rings is 1. The van der Waals surface area contributed by atoms with Gasteiger partial charge < -0.3 is 0 Å². The van der Waals surface area contributed by atoms with Crippen molar-refractivity contribution in [1.82, 2.24) is 0 Å². The first-order valence-corrected chi connectivity index (χ1v) is 5.51. The van der Waals surface area contributed by atoms with E-state index in [1.165, 1.54) is 5.56 Å². The van der Waals surface area contributed by atoms with Gasteiger partial charge >= 0.3 is 0 Å². The van der Waals surface area contributed by atoms with Crippen LogP contribution in [-0.4, -0.2) is 5.78 Å². The van der Waals surface area contributed by atoms with Crippen molar-refractivity contribution in [2.24, 2.45) is 0 Å². The molecule has 1 heteroatoms. The fourth-order valence-electron chi connectivity index (χ4n) is 1.61. The highest BCUT2D eigenvalue weighted by atomic mass is 16.1. The number of carbonyl (C=O) groups is 1. The predicted molar refractivity (Wildman–Crippen MR) is 64.2 cm³/mol. The van der Waals surface area contributed by atoms with Gasteiger partial charge in [0, 0.05) is 5.56 Å². The largest absolute Gasteiger partial charge is 0.289 e. The Morgan fingerprint density at radius 3 is 2.60 bits per heavy atom. The molecule has 0 aliphatic rings. The van der Waals surface area contributed by atoms with Crippen LogP contribution in [0.3, 0.4) is 0 Å². The quantitative estimate of drug-likeness (QED) is 0.536. The number of ketones is 1. The van der Waals surface area contributed by atoms with Gasteiger partial charge in [0.25, 0.3) is 0 Å². The molecule has 1 aromatic rings. The summed E-state index contributed by atoms with van der Waals surface area (Å²) in [5.41, 5.74) is 2.92. The first kappa shape index (κ1) is 11.7. The average molecular weight is 202 g/mol. The van der Waals surface area contributed by atoms with E-state index in [0.29, 0.717) is 0 Å². The van der Waals surface area contributed by atoms with Crippen LogP contribution in [0.4, 0.5) is 0 Å². The predicted octanol–water partition coefficient (Wildman–Crippen LogP) is 3.79. The summed E-state index contributed by atoms with van der Waals surface area (Å²) in [4.78, 5) is 12.0. The van der Waals surface area contributed by atoms with Crippen LogP contribution in [0.5, 0.6) is 0 Å². The summed E-state index contributed by atoms with van der Waals surface area (Å²) in [6.45, 7) is 6.03. The standard InChI is InChI=1S/C14H18O/c1-4-11-8-7-9-13(10-11)14(15)12(5-2)6-3/h5,7-10H,4,6H2,1-3H3/b12-5-. The number of Topliss-reactive ketones (excluding diaryl/α,β-unsaturated/α-hetero) is 1. The van der Waals surface area contributed by atoms with Gasteiger partial charge in [0.15, 0.2) is 5.78 Å². The molecule has 0 heterocycles. The maximum Gasteiger partial charge on any atom is 0.188 e. The molecule has 0 spiro atoms. The summed E-state index contributed by atoms with van der Waals surface area (Å²) in [5.74, 6) is 0.162. The van der Waals surface area contributed by atoms with Gasteiger partial charge in [0.2, 0.25) is 0 Å². The molecule has 0 atom stereocenters. The molecule has 1 aromatic carbocycles. The molecule has 80 valence electrons. The van der Waals surface area contributed by atoms with Crippen molar-refractivity contribution in [2.45, 2.75) is 33.6 Å². The van der Waals surface area contributed by atoms with Crippen molar-refractivity contribution in [3.8, 4) is 0 Å². The zero-order valence-corrected chi connectivity index (χ0v) is 9.71. The number of allylic oxidation sites excluding steroid dienone is 2. The number of carbonyl (C=O) groups excluding carboxylic acids is 1. The second kappa shape index (κ2) is 5.50. The second-order valence-electron chi connectivity index (χ2n) is 3.55. The molecule has 1 rings (SSSR count). The van der Waals surface area contributed by atoms with Crippen LogP contribution in [0, 0.1) is 0 Å². The monoisotopic (exact) mass is 202 g/mol. The van der Waals surface area contributed by atoms with Crippen LogP contribution >= 0.6 is 0 Å². The van der Waals surface area contributed by atoms with Crippen molar-refractivity contribution in [3.05, 3.63) is 47.0 Å². The Morgan fingerprint density at radius 1 is 1.33 bits per heavy atom. The maximum atomic E-state index is 12.0. The molecular weight excluding hydrogens is 184 g/mol. The van der Waals surface area contributed by atoms with Crippen LogP contribution in [0.15, 0.2) is 35.9 Å². The molecule has 0 radical (unpaired) electrons. The number of rotatable bonds is 4. The lowest BCUT2D eigenvalue weighted by Crippen LogP contribution is -2.03. The molecule has 0 bridgehead atoms. The lowest BCUT2D eigenvalue weighted by atomic mass is 9.99. The molecule has 0 aliphatic carbocycles. The van der Waals surface area contributed by atoms with Gasteiger partial charge in [-0.25, -0.2) is 0 Å². The third-order valence-electron chi connectivity index (χ3n) is 2.62. The van der Waals surface area contributed by atoms with E-state index in [4.69, 9.17) is 0 Å². The van der Waals surface area contributed by atoms with Gasteiger partial charge in [-0.15, -0.1) is 0 Å². The van der Waals surface area contributed by atoms with Crippen molar-refractivity contribution in [2.75, 3.05) is 0 Å². The fraction of sp³-hybridized carbons (Fsp3) is 0.357. The Morgan fingerprint density at radius 2 is 2.07 bits per heavy atom. The molecule has 1 nitrogen and oxygen atoms in total. The summed E-state index contributed by atoms with van der Waals surface area (Å²) in [5, 5.41) is 0. The third kappa shape index (κ3) is 2.79. The highest BCUT2D eigenvalue weighted by Gasteiger charge is 2.09. The molecule has 0 N–H and O–H groups in total. The smallest absolute Gasteiger partial charge is 0.188 e. The molecule has 0 aliphatic heterocycles. The molecule has 0 saturated carbocycles. The summed E-state index contributed by atoms with van der Waals surface area (Å²) < 4.78 is 0. The van der Waals surface area contributed by atoms with Crippen LogP contribution in [0.2, 0.25) is 0 Å². The normalized spacial score (nSPS) is 11.5. The van der Waals surface area contributed by atoms with Crippen molar-refractivity contribution >= 4 is 5.78 Å². The summed E-state index contributed by atoms with van der Waals surface area (Å²) in [6, 6.07) is 7.88. The first-order valence-electron chi connectivity index (χ1n) is 5.51. The molecule has 0 fully saturated rings. The molecule has 0 unspecified atom stereocenters. The molecule has 0 amide bonds. The minimum absolute atomic E-state index is 0.162. The summed E-state index contributed by atoms with van der Waals surface area (Å²) >= 11 is 0. The minimum Gasteiger partial charge on any atom is -0.289 e. The van der Waals surface area contributed by atoms with E-state index in [2.05, 4.69) is 13.0 Å². The summed E-state index contributed by atoms with van der Waals surface area (Å²) in [6.07, 6.45) is 3.67. The molecule has 15 heavy (non-hydrogen) atoms. The van der Waals surface area contributed by atoms with E-state index >= 15 is 0 Å². The number of hydrogen-bond acceptors (Lipinski definition) is 1. The van der Waals surface area contributed by atoms with Crippen LogP contribution in [0.1, 0.15) is 43.1 Å². The van der Waals surface area contributed by atoms with Gasteiger partial charge in [-0.1, -0.05) is 38.1 Å². The van der Waals surface area contributed by atoms with Crippen LogP contribution in [0.25, 0.3) is 0 Å². The second-order valence-corrected chi connectivity index (χ2v) is 3.55. The average Bonchev–Trinajstić information content (AvgIpc) is 2.30. The zero-order valence-electron chi connectivity index (χ0n) is 9.71. The van der Waals surface area contributed by atoms with Crippen molar-refractivity contribution in [3.63, 3.8) is 0 Å². The Kier molecular flexibility index (Phi) is 4.29. The Hall–Kier alpha value is -1.37. The van der Waals surface area contributed by atoms with E-state index in [9.17, 15) is 4.79 Å². The third-order valence-corrected chi connectivity index (χ3v) is 2.62. The minimum atomic E-state index is 0.162. The SMILES string of the molecule is C/C=C(/CC)C(=O)c1cccc(CC)c1. The van der Waals surface area contributed by atoms with E-state index in [0.717, 1.165) is 24.0 Å². The maximum absolute atomic E-state index is 12.0. The summed E-state index contributed by atoms with van der Waals surface area (Å²) in [7, 11) is 0. The Balaban J connectivity index is 3.00. The number of aryl methyl sites for hydroxylation is 1. The van der Waals surface area contributed by atoms with E-state index in [-0.39, 0.29) is 5.78 Å². The van der Waals surface area contributed by atoms with Gasteiger partial charge in [-0.2, -0.15) is 0 Å². The molecular formula is C14H18O. The van der Waals surface area contributed by atoms with Gasteiger partial charge in [-0.05, 0) is 37.0 Å². The Bertz CT molecular complexity index is 375.